The highest BCUT2D eigenvalue weighted by Gasteiger charge is 2.25. The van der Waals surface area contributed by atoms with Crippen molar-refractivity contribution in [2.75, 3.05) is 12.3 Å². The van der Waals surface area contributed by atoms with E-state index in [1.165, 1.54) is 22.2 Å². The van der Waals surface area contributed by atoms with Crippen molar-refractivity contribution in [2.24, 2.45) is 0 Å². The van der Waals surface area contributed by atoms with Gasteiger partial charge < -0.3 is 9.55 Å². The van der Waals surface area contributed by atoms with Crippen molar-refractivity contribution >= 4 is 20.7 Å². The summed E-state index contributed by atoms with van der Waals surface area (Å²) >= 11 is 0. The van der Waals surface area contributed by atoms with Gasteiger partial charge >= 0.3 is 0 Å². The summed E-state index contributed by atoms with van der Waals surface area (Å²) in [7, 11) is -3.41. The highest BCUT2D eigenvalue weighted by Crippen LogP contribution is 2.28. The maximum atomic E-state index is 12.7. The minimum Gasteiger partial charge on any atom is -0.357 e. The summed E-state index contributed by atoms with van der Waals surface area (Å²) in [6.45, 7) is 4.57. The van der Waals surface area contributed by atoms with E-state index in [2.05, 4.69) is 39.1 Å². The molecule has 1 aliphatic heterocycles. The molecule has 0 fully saturated rings. The lowest BCUT2D eigenvalue weighted by Crippen LogP contribution is -2.31. The molecule has 4 aromatic rings. The standard InChI is InChI=1S/C24H26N4O2S/c1-2-31(29,30)24-25-14-19(28(24)15-18-8-4-3-5-9-18)16-27-13-12-21-20-10-6-7-11-22(20)26-23(21)17-27/h3-11,14,26H,2,12-13,15-17H2,1H3. The van der Waals surface area contributed by atoms with Gasteiger partial charge in [0.05, 0.1) is 24.2 Å². The quantitative estimate of drug-likeness (QED) is 0.502. The Hall–Kier alpha value is -2.90. The third-order valence-corrected chi connectivity index (χ3v) is 7.73. The molecule has 0 radical (unpaired) electrons. The number of para-hydroxylation sites is 1. The predicted octanol–water partition coefficient (Wildman–Crippen LogP) is 3.76. The first-order valence-electron chi connectivity index (χ1n) is 10.7. The molecule has 5 rings (SSSR count). The summed E-state index contributed by atoms with van der Waals surface area (Å²) in [5, 5.41) is 1.47. The van der Waals surface area contributed by atoms with Crippen LogP contribution >= 0.6 is 0 Å². The van der Waals surface area contributed by atoms with E-state index >= 15 is 0 Å². The number of aromatic amines is 1. The first-order chi connectivity index (χ1) is 15.0. The lowest BCUT2D eigenvalue weighted by atomic mass is 10.0. The van der Waals surface area contributed by atoms with E-state index in [0.29, 0.717) is 13.1 Å². The summed E-state index contributed by atoms with van der Waals surface area (Å²) < 4.78 is 27.2. The largest absolute Gasteiger partial charge is 0.357 e. The van der Waals surface area contributed by atoms with Crippen molar-refractivity contribution in [2.45, 2.75) is 38.1 Å². The average molecular weight is 435 g/mol. The Kier molecular flexibility index (Phi) is 5.16. The number of aromatic nitrogens is 3. The van der Waals surface area contributed by atoms with Gasteiger partial charge in [-0.15, -0.1) is 0 Å². The molecule has 0 amide bonds. The Morgan fingerprint density at radius 1 is 1.03 bits per heavy atom. The van der Waals surface area contributed by atoms with E-state index < -0.39 is 9.84 Å². The zero-order valence-electron chi connectivity index (χ0n) is 17.6. The molecular weight excluding hydrogens is 408 g/mol. The van der Waals surface area contributed by atoms with Gasteiger partial charge in [0.15, 0.2) is 0 Å². The van der Waals surface area contributed by atoms with Crippen LogP contribution in [-0.2, 0) is 35.9 Å². The fourth-order valence-electron chi connectivity index (χ4n) is 4.44. The van der Waals surface area contributed by atoms with Crippen LogP contribution in [0.4, 0.5) is 0 Å². The summed E-state index contributed by atoms with van der Waals surface area (Å²) in [5.74, 6) is 0.0420. The van der Waals surface area contributed by atoms with Crippen LogP contribution in [0.2, 0.25) is 0 Å². The maximum absolute atomic E-state index is 12.7. The van der Waals surface area contributed by atoms with Crippen LogP contribution in [0, 0.1) is 0 Å². The maximum Gasteiger partial charge on any atom is 0.228 e. The normalized spacial score (nSPS) is 14.7. The van der Waals surface area contributed by atoms with Gasteiger partial charge in [0.25, 0.3) is 0 Å². The zero-order chi connectivity index (χ0) is 21.4. The number of rotatable bonds is 6. The second-order valence-electron chi connectivity index (χ2n) is 8.10. The molecule has 1 aliphatic rings. The minimum absolute atomic E-state index is 0.0420. The van der Waals surface area contributed by atoms with Crippen molar-refractivity contribution in [3.63, 3.8) is 0 Å². The van der Waals surface area contributed by atoms with Crippen LogP contribution in [0.5, 0.6) is 0 Å². The first kappa shape index (κ1) is 20.0. The van der Waals surface area contributed by atoms with E-state index in [-0.39, 0.29) is 10.9 Å². The lowest BCUT2D eigenvalue weighted by molar-refractivity contribution is 0.237. The molecule has 3 heterocycles. The highest BCUT2D eigenvalue weighted by molar-refractivity contribution is 7.91. The van der Waals surface area contributed by atoms with Crippen LogP contribution in [-0.4, -0.2) is 40.2 Å². The molecule has 0 atom stereocenters. The molecule has 1 N–H and O–H groups in total. The number of nitrogens with one attached hydrogen (secondary N) is 1. The van der Waals surface area contributed by atoms with Gasteiger partial charge in [-0.2, -0.15) is 0 Å². The molecular formula is C24H26N4O2S. The van der Waals surface area contributed by atoms with E-state index in [4.69, 9.17) is 0 Å². The minimum atomic E-state index is -3.41. The van der Waals surface area contributed by atoms with Crippen LogP contribution < -0.4 is 0 Å². The summed E-state index contributed by atoms with van der Waals surface area (Å²) in [4.78, 5) is 10.3. The molecule has 0 bridgehead atoms. The topological polar surface area (TPSA) is 71.0 Å². The van der Waals surface area contributed by atoms with Crippen LogP contribution in [0.3, 0.4) is 0 Å². The fourth-order valence-corrected chi connectivity index (χ4v) is 5.43. The van der Waals surface area contributed by atoms with Gasteiger partial charge in [0.1, 0.15) is 0 Å². The predicted molar refractivity (Wildman–Crippen MR) is 122 cm³/mol. The lowest BCUT2D eigenvalue weighted by Gasteiger charge is -2.27. The second kappa shape index (κ2) is 7.98. The molecule has 7 heteroatoms. The van der Waals surface area contributed by atoms with E-state index in [0.717, 1.165) is 30.8 Å². The van der Waals surface area contributed by atoms with Crippen molar-refractivity contribution < 1.29 is 8.42 Å². The number of imidazole rings is 1. The molecule has 6 nitrogen and oxygen atoms in total. The van der Waals surface area contributed by atoms with Crippen molar-refractivity contribution in [3.05, 3.63) is 83.3 Å². The van der Waals surface area contributed by atoms with Crippen LogP contribution in [0.15, 0.2) is 66.0 Å². The molecule has 0 saturated heterocycles. The second-order valence-corrected chi connectivity index (χ2v) is 10.3. The molecule has 0 aliphatic carbocycles. The number of fused-ring (bicyclic) bond motifs is 3. The molecule has 0 unspecified atom stereocenters. The van der Waals surface area contributed by atoms with Gasteiger partial charge in [-0.05, 0) is 23.6 Å². The van der Waals surface area contributed by atoms with Crippen molar-refractivity contribution in [1.82, 2.24) is 19.4 Å². The monoisotopic (exact) mass is 434 g/mol. The van der Waals surface area contributed by atoms with Gasteiger partial charge in [-0.1, -0.05) is 55.5 Å². The molecule has 160 valence electrons. The first-order valence-corrected chi connectivity index (χ1v) is 12.3. The molecule has 2 aromatic carbocycles. The fraction of sp³-hybridized carbons (Fsp3) is 0.292. The number of hydrogen-bond acceptors (Lipinski definition) is 4. The van der Waals surface area contributed by atoms with Gasteiger partial charge in [0.2, 0.25) is 15.0 Å². The zero-order valence-corrected chi connectivity index (χ0v) is 18.4. The Balaban J connectivity index is 1.45. The number of hydrogen-bond donors (Lipinski definition) is 1. The van der Waals surface area contributed by atoms with Gasteiger partial charge in [-0.25, -0.2) is 13.4 Å². The van der Waals surface area contributed by atoms with Gasteiger partial charge in [0, 0.05) is 36.2 Å². The number of benzene rings is 2. The van der Waals surface area contributed by atoms with E-state index in [1.54, 1.807) is 13.1 Å². The Morgan fingerprint density at radius 3 is 2.61 bits per heavy atom. The smallest absolute Gasteiger partial charge is 0.228 e. The van der Waals surface area contributed by atoms with Gasteiger partial charge in [-0.3, -0.25) is 4.90 Å². The SMILES string of the molecule is CCS(=O)(=O)c1ncc(CN2CCc3c([nH]c4ccccc34)C2)n1Cc1ccccc1. The third-order valence-electron chi connectivity index (χ3n) is 6.09. The summed E-state index contributed by atoms with van der Waals surface area (Å²) in [5.41, 5.74) is 5.82. The van der Waals surface area contributed by atoms with Crippen molar-refractivity contribution in [3.8, 4) is 0 Å². The molecule has 2 aromatic heterocycles. The number of H-pyrrole nitrogens is 1. The Morgan fingerprint density at radius 2 is 1.81 bits per heavy atom. The Labute approximate surface area is 182 Å². The summed E-state index contributed by atoms with van der Waals surface area (Å²) in [6, 6.07) is 18.4. The average Bonchev–Trinajstić information content (AvgIpc) is 3.35. The van der Waals surface area contributed by atoms with E-state index in [9.17, 15) is 8.42 Å². The van der Waals surface area contributed by atoms with E-state index in [1.807, 2.05) is 34.9 Å². The summed E-state index contributed by atoms with van der Waals surface area (Å²) in [6.07, 6.45) is 2.71. The Bertz CT molecular complexity index is 1320. The molecule has 31 heavy (non-hydrogen) atoms. The number of sulfone groups is 1. The molecule has 0 saturated carbocycles. The molecule has 0 spiro atoms. The number of nitrogens with zero attached hydrogens (tertiary/aromatic N) is 3. The van der Waals surface area contributed by atoms with Crippen LogP contribution in [0.1, 0.15) is 29.4 Å². The van der Waals surface area contributed by atoms with Crippen LogP contribution in [0.25, 0.3) is 10.9 Å². The van der Waals surface area contributed by atoms with Crippen molar-refractivity contribution in [1.29, 1.82) is 0 Å². The highest BCUT2D eigenvalue weighted by atomic mass is 32.2. The third kappa shape index (κ3) is 3.79.